The van der Waals surface area contributed by atoms with Crippen molar-refractivity contribution in [2.75, 3.05) is 32.7 Å². The highest BCUT2D eigenvalue weighted by Crippen LogP contribution is 2.11. The number of benzene rings is 1. The summed E-state index contributed by atoms with van der Waals surface area (Å²) in [6.45, 7) is 6.83. The van der Waals surface area contributed by atoms with Crippen molar-refractivity contribution < 1.29 is 9.90 Å². The minimum absolute atomic E-state index is 0.0641. The van der Waals surface area contributed by atoms with Crippen molar-refractivity contribution in [3.63, 3.8) is 0 Å². The maximum absolute atomic E-state index is 12.1. The van der Waals surface area contributed by atoms with Crippen molar-refractivity contribution in [3.05, 3.63) is 35.9 Å². The van der Waals surface area contributed by atoms with Gasteiger partial charge in [0.1, 0.15) is 5.75 Å². The van der Waals surface area contributed by atoms with Crippen molar-refractivity contribution >= 4 is 12.0 Å². The van der Waals surface area contributed by atoms with E-state index in [9.17, 15) is 9.90 Å². The summed E-state index contributed by atoms with van der Waals surface area (Å²) in [5, 5.41) is 9.20. The van der Waals surface area contributed by atoms with Gasteiger partial charge < -0.3 is 10.0 Å². The lowest BCUT2D eigenvalue weighted by Crippen LogP contribution is -2.48. The molecule has 0 aromatic heterocycles. The van der Waals surface area contributed by atoms with Crippen LogP contribution >= 0.6 is 0 Å². The molecule has 2 rings (SSSR count). The Morgan fingerprint density at radius 3 is 2.45 bits per heavy atom. The van der Waals surface area contributed by atoms with E-state index >= 15 is 0 Å². The smallest absolute Gasteiger partial charge is 0.246 e. The number of hydrogen-bond acceptors (Lipinski definition) is 3. The topological polar surface area (TPSA) is 43.8 Å². The van der Waals surface area contributed by atoms with E-state index in [1.807, 2.05) is 4.90 Å². The third-order valence-corrected chi connectivity index (χ3v) is 3.54. The van der Waals surface area contributed by atoms with E-state index in [0.717, 1.165) is 44.7 Å². The molecule has 1 aliphatic heterocycles. The highest BCUT2D eigenvalue weighted by molar-refractivity contribution is 5.91. The summed E-state index contributed by atoms with van der Waals surface area (Å²) in [7, 11) is 0. The Morgan fingerprint density at radius 2 is 1.85 bits per heavy atom. The molecule has 108 valence electrons. The van der Waals surface area contributed by atoms with Gasteiger partial charge in [-0.25, -0.2) is 0 Å². The van der Waals surface area contributed by atoms with Crippen LogP contribution < -0.4 is 0 Å². The van der Waals surface area contributed by atoms with E-state index in [1.54, 1.807) is 36.4 Å². The number of carbonyl (C=O) groups excluding carboxylic acids is 1. The second-order valence-electron chi connectivity index (χ2n) is 5.09. The van der Waals surface area contributed by atoms with Crippen LogP contribution in [0.15, 0.2) is 30.3 Å². The van der Waals surface area contributed by atoms with Crippen molar-refractivity contribution in [1.82, 2.24) is 9.80 Å². The van der Waals surface area contributed by atoms with E-state index < -0.39 is 0 Å². The van der Waals surface area contributed by atoms with Crippen LogP contribution in [-0.2, 0) is 4.79 Å². The molecule has 20 heavy (non-hydrogen) atoms. The van der Waals surface area contributed by atoms with Crippen LogP contribution in [0.3, 0.4) is 0 Å². The molecule has 4 heteroatoms. The summed E-state index contributed by atoms with van der Waals surface area (Å²) in [5.41, 5.74) is 0.917. The normalized spacial score (nSPS) is 16.8. The number of nitrogens with zero attached hydrogens (tertiary/aromatic N) is 2. The van der Waals surface area contributed by atoms with Gasteiger partial charge in [0, 0.05) is 32.3 Å². The van der Waals surface area contributed by atoms with Gasteiger partial charge in [-0.1, -0.05) is 19.1 Å². The first kappa shape index (κ1) is 14.6. The van der Waals surface area contributed by atoms with Crippen LogP contribution in [0.1, 0.15) is 18.9 Å². The maximum atomic E-state index is 12.1. The van der Waals surface area contributed by atoms with Crippen molar-refractivity contribution in [2.45, 2.75) is 13.3 Å². The molecule has 0 saturated carbocycles. The molecule has 1 heterocycles. The summed E-state index contributed by atoms with van der Waals surface area (Å²) in [6.07, 6.45) is 4.57. The number of rotatable bonds is 4. The third-order valence-electron chi connectivity index (χ3n) is 3.54. The number of aromatic hydroxyl groups is 1. The first-order chi connectivity index (χ1) is 9.69. The highest BCUT2D eigenvalue weighted by Gasteiger charge is 2.18. The molecule has 1 N–H and O–H groups in total. The van der Waals surface area contributed by atoms with Gasteiger partial charge in [-0.2, -0.15) is 0 Å². The Morgan fingerprint density at radius 1 is 1.20 bits per heavy atom. The van der Waals surface area contributed by atoms with Crippen molar-refractivity contribution in [2.24, 2.45) is 0 Å². The first-order valence-electron chi connectivity index (χ1n) is 7.17. The zero-order valence-corrected chi connectivity index (χ0v) is 12.0. The minimum Gasteiger partial charge on any atom is -0.508 e. The molecule has 1 aromatic rings. The van der Waals surface area contributed by atoms with E-state index in [1.165, 1.54) is 0 Å². The van der Waals surface area contributed by atoms with Gasteiger partial charge in [0.15, 0.2) is 0 Å². The number of phenolic OH excluding ortho intramolecular Hbond substituents is 1. The zero-order chi connectivity index (χ0) is 14.4. The molecule has 1 fully saturated rings. The fourth-order valence-corrected chi connectivity index (χ4v) is 2.37. The van der Waals surface area contributed by atoms with Crippen LogP contribution in [0.25, 0.3) is 6.08 Å². The maximum Gasteiger partial charge on any atom is 0.246 e. The summed E-state index contributed by atoms with van der Waals surface area (Å²) < 4.78 is 0. The van der Waals surface area contributed by atoms with Crippen molar-refractivity contribution in [1.29, 1.82) is 0 Å². The molecule has 1 aliphatic rings. The number of phenols is 1. The van der Waals surface area contributed by atoms with Crippen LogP contribution in [0, 0.1) is 0 Å². The van der Waals surface area contributed by atoms with E-state index in [0.29, 0.717) is 0 Å². The summed E-state index contributed by atoms with van der Waals surface area (Å²) in [5.74, 6) is 0.301. The fourth-order valence-electron chi connectivity index (χ4n) is 2.37. The Kier molecular flexibility index (Phi) is 5.18. The third kappa shape index (κ3) is 4.10. The second-order valence-corrected chi connectivity index (χ2v) is 5.09. The summed E-state index contributed by atoms with van der Waals surface area (Å²) in [4.78, 5) is 16.4. The average molecular weight is 274 g/mol. The molecule has 0 aliphatic carbocycles. The van der Waals surface area contributed by atoms with Crippen LogP contribution in [0.2, 0.25) is 0 Å². The average Bonchev–Trinajstić information content (AvgIpc) is 2.47. The van der Waals surface area contributed by atoms with Crippen LogP contribution in [0.4, 0.5) is 0 Å². The van der Waals surface area contributed by atoms with Gasteiger partial charge in [0.2, 0.25) is 5.91 Å². The lowest BCUT2D eigenvalue weighted by atomic mass is 10.2. The molecule has 0 radical (unpaired) electrons. The van der Waals surface area contributed by atoms with Crippen molar-refractivity contribution in [3.8, 4) is 5.75 Å². The Balaban J connectivity index is 1.85. The molecular formula is C16H22N2O2. The largest absolute Gasteiger partial charge is 0.508 e. The number of hydrogen-bond donors (Lipinski definition) is 1. The fraction of sp³-hybridized carbons (Fsp3) is 0.438. The molecule has 4 nitrogen and oxygen atoms in total. The van der Waals surface area contributed by atoms with Gasteiger partial charge >= 0.3 is 0 Å². The molecule has 0 spiro atoms. The van der Waals surface area contributed by atoms with E-state index in [4.69, 9.17) is 0 Å². The minimum atomic E-state index is 0.0641. The van der Waals surface area contributed by atoms with Crippen LogP contribution in [0.5, 0.6) is 5.75 Å². The van der Waals surface area contributed by atoms with E-state index in [2.05, 4.69) is 11.8 Å². The predicted octanol–water partition coefficient (Wildman–Crippen LogP) is 1.96. The SMILES string of the molecule is CCCN1CCN(C(=O)/C=C/c2ccc(O)cc2)CC1. The van der Waals surface area contributed by atoms with Gasteiger partial charge in [-0.05, 0) is 36.7 Å². The lowest BCUT2D eigenvalue weighted by Gasteiger charge is -2.34. The summed E-state index contributed by atoms with van der Waals surface area (Å²) in [6, 6.07) is 6.82. The molecule has 1 amide bonds. The van der Waals surface area contributed by atoms with Gasteiger partial charge in [0.05, 0.1) is 0 Å². The molecule has 0 bridgehead atoms. The van der Waals surface area contributed by atoms with E-state index in [-0.39, 0.29) is 11.7 Å². The van der Waals surface area contributed by atoms with Crippen LogP contribution in [-0.4, -0.2) is 53.5 Å². The Bertz CT molecular complexity index is 460. The summed E-state index contributed by atoms with van der Waals surface area (Å²) >= 11 is 0. The zero-order valence-electron chi connectivity index (χ0n) is 12.0. The monoisotopic (exact) mass is 274 g/mol. The van der Waals surface area contributed by atoms with Gasteiger partial charge in [-0.3, -0.25) is 9.69 Å². The standard InChI is InChI=1S/C16H22N2O2/c1-2-9-17-10-12-18(13-11-17)16(20)8-5-14-3-6-15(19)7-4-14/h3-8,19H,2,9-13H2,1H3/b8-5+. The Hall–Kier alpha value is -1.81. The second kappa shape index (κ2) is 7.10. The first-order valence-corrected chi connectivity index (χ1v) is 7.17. The van der Waals surface area contributed by atoms with Gasteiger partial charge in [-0.15, -0.1) is 0 Å². The number of carbonyl (C=O) groups is 1. The molecule has 0 unspecified atom stereocenters. The quantitative estimate of drug-likeness (QED) is 0.854. The Labute approximate surface area is 120 Å². The molecule has 1 aromatic carbocycles. The highest BCUT2D eigenvalue weighted by atomic mass is 16.3. The van der Waals surface area contributed by atoms with Gasteiger partial charge in [0.25, 0.3) is 0 Å². The molecule has 0 atom stereocenters. The predicted molar refractivity (Wildman–Crippen MR) is 80.5 cm³/mol. The molecular weight excluding hydrogens is 252 g/mol. The number of amides is 1. The number of piperazine rings is 1. The lowest BCUT2D eigenvalue weighted by molar-refractivity contribution is -0.127. The molecule has 1 saturated heterocycles.